The van der Waals surface area contributed by atoms with Gasteiger partial charge in [-0.3, -0.25) is 14.7 Å². The average molecular weight is 591 g/mol. The molecule has 3 aromatic carbocycles. The third-order valence-corrected chi connectivity index (χ3v) is 9.00. The number of benzene rings is 3. The van der Waals surface area contributed by atoms with Crippen LogP contribution in [0.5, 0.6) is 0 Å². The zero-order valence-electron chi connectivity index (χ0n) is 23.6. The molecule has 10 nitrogen and oxygen atoms in total. The maximum absolute atomic E-state index is 13.2. The number of piperazine rings is 1. The number of carboxylic acids is 1. The summed E-state index contributed by atoms with van der Waals surface area (Å²) in [4.78, 5) is 23.2. The number of guanidine groups is 1. The smallest absolute Gasteiger partial charge is 0.306 e. The van der Waals surface area contributed by atoms with E-state index >= 15 is 0 Å². The molecule has 0 amide bonds. The van der Waals surface area contributed by atoms with Gasteiger partial charge < -0.3 is 20.2 Å². The Balaban J connectivity index is 1.31. The van der Waals surface area contributed by atoms with Crippen molar-refractivity contribution in [2.45, 2.75) is 37.0 Å². The van der Waals surface area contributed by atoms with Gasteiger partial charge in [0.2, 0.25) is 10.0 Å². The molecule has 1 unspecified atom stereocenters. The molecule has 1 atom stereocenters. The number of hydrogen-bond donors (Lipinski definition) is 3. The van der Waals surface area contributed by atoms with E-state index in [1.807, 2.05) is 47.4 Å². The van der Waals surface area contributed by atoms with Crippen molar-refractivity contribution in [3.05, 3.63) is 96.1 Å². The summed E-state index contributed by atoms with van der Waals surface area (Å²) in [6.45, 7) is 6.18. The summed E-state index contributed by atoms with van der Waals surface area (Å²) in [6.07, 6.45) is -0.271. The molecule has 0 saturated carbocycles. The molecule has 3 N–H and O–H groups in total. The van der Waals surface area contributed by atoms with Crippen molar-refractivity contribution < 1.29 is 18.3 Å². The van der Waals surface area contributed by atoms with Gasteiger partial charge in [-0.1, -0.05) is 60.7 Å². The Hall–Kier alpha value is -3.93. The molecule has 0 bridgehead atoms. The topological polar surface area (TPSA) is 118 Å². The van der Waals surface area contributed by atoms with Gasteiger partial charge in [0.1, 0.15) is 0 Å². The second-order valence-corrected chi connectivity index (χ2v) is 12.3. The van der Waals surface area contributed by atoms with Crippen LogP contribution < -0.4 is 14.9 Å². The van der Waals surface area contributed by atoms with E-state index < -0.39 is 22.2 Å². The van der Waals surface area contributed by atoms with Crippen molar-refractivity contribution in [2.24, 2.45) is 4.99 Å². The van der Waals surface area contributed by atoms with Crippen LogP contribution in [-0.2, 0) is 27.9 Å². The molecular weight excluding hydrogens is 552 g/mol. The normalized spacial score (nSPS) is 16.5. The Morgan fingerprint density at radius 1 is 0.881 bits per heavy atom. The van der Waals surface area contributed by atoms with Crippen LogP contribution in [0.2, 0.25) is 0 Å². The fraction of sp³-hybridized carbons (Fsp3) is 0.355. The van der Waals surface area contributed by atoms with Crippen LogP contribution in [-0.4, -0.2) is 80.7 Å². The van der Waals surface area contributed by atoms with Gasteiger partial charge in [-0.25, -0.2) is 8.42 Å². The van der Waals surface area contributed by atoms with Crippen LogP contribution in [0.4, 0.5) is 5.69 Å². The van der Waals surface area contributed by atoms with Crippen molar-refractivity contribution >= 4 is 27.6 Å². The number of nitrogens with zero attached hydrogens (tertiary/aromatic N) is 4. The number of hydrogen-bond acceptors (Lipinski definition) is 8. The summed E-state index contributed by atoms with van der Waals surface area (Å²) in [6, 6.07) is 25.9. The van der Waals surface area contributed by atoms with Gasteiger partial charge in [-0.15, -0.1) is 0 Å². The number of aliphatic imine (C=N–C) groups is 1. The summed E-state index contributed by atoms with van der Waals surface area (Å²) in [7, 11) is -3.95. The molecule has 1 saturated heterocycles. The van der Waals surface area contributed by atoms with E-state index in [0.29, 0.717) is 13.1 Å². The fourth-order valence-corrected chi connectivity index (χ4v) is 6.55. The molecule has 2 aliphatic heterocycles. The Labute approximate surface area is 247 Å². The van der Waals surface area contributed by atoms with E-state index in [9.17, 15) is 18.3 Å². The summed E-state index contributed by atoms with van der Waals surface area (Å²) in [5.41, 5.74) is 3.04. The SMILES string of the molecule is O=C(O)CC(NS(=O)(=O)c1ccccc1)N(Cc1ccccc1)Cc1ccc(N2CCN(C3=NCCCN3)CC2)cc1. The highest BCUT2D eigenvalue weighted by molar-refractivity contribution is 7.89. The second-order valence-electron chi connectivity index (χ2n) is 10.6. The zero-order chi connectivity index (χ0) is 29.4. The number of sulfonamides is 1. The minimum absolute atomic E-state index is 0.0934. The predicted molar refractivity (Wildman–Crippen MR) is 164 cm³/mol. The molecule has 222 valence electrons. The van der Waals surface area contributed by atoms with Crippen molar-refractivity contribution in [3.8, 4) is 0 Å². The van der Waals surface area contributed by atoms with E-state index in [0.717, 1.165) is 68.5 Å². The number of anilines is 1. The van der Waals surface area contributed by atoms with Gasteiger partial charge in [0.15, 0.2) is 5.96 Å². The molecule has 2 aliphatic rings. The average Bonchev–Trinajstić information content (AvgIpc) is 3.02. The van der Waals surface area contributed by atoms with Gasteiger partial charge in [0.25, 0.3) is 0 Å². The van der Waals surface area contributed by atoms with Gasteiger partial charge >= 0.3 is 5.97 Å². The highest BCUT2D eigenvalue weighted by Gasteiger charge is 2.28. The fourth-order valence-electron chi connectivity index (χ4n) is 5.31. The number of carboxylic acid groups (broad SMARTS) is 1. The zero-order valence-corrected chi connectivity index (χ0v) is 24.4. The molecule has 0 radical (unpaired) electrons. The van der Waals surface area contributed by atoms with Gasteiger partial charge in [0, 0.05) is 58.0 Å². The van der Waals surface area contributed by atoms with Crippen LogP contribution >= 0.6 is 0 Å². The molecule has 0 spiro atoms. The quantitative estimate of drug-likeness (QED) is 0.292. The number of rotatable bonds is 11. The highest BCUT2D eigenvalue weighted by atomic mass is 32.2. The Bertz CT molecular complexity index is 1440. The maximum Gasteiger partial charge on any atom is 0.306 e. The lowest BCUT2D eigenvalue weighted by atomic mass is 10.1. The maximum atomic E-state index is 13.2. The van der Waals surface area contributed by atoms with E-state index in [2.05, 4.69) is 37.0 Å². The summed E-state index contributed by atoms with van der Waals surface area (Å²) in [5, 5.41) is 13.1. The monoisotopic (exact) mass is 590 g/mol. The standard InChI is InChI=1S/C31H38N6O4S/c38-30(39)22-29(34-42(40,41)28-10-5-2-6-11-28)37(23-25-8-3-1-4-9-25)24-26-12-14-27(15-13-26)35-18-20-36(21-19-35)31-32-16-7-17-33-31/h1-6,8-15,29,34H,7,16-24H2,(H,32,33)(H,38,39). The lowest BCUT2D eigenvalue weighted by Crippen LogP contribution is -2.53. The predicted octanol–water partition coefficient (Wildman–Crippen LogP) is 2.94. The molecular formula is C31H38N6O4S. The van der Waals surface area contributed by atoms with Crippen LogP contribution in [0.3, 0.4) is 0 Å². The summed E-state index contributed by atoms with van der Waals surface area (Å²) < 4.78 is 29.1. The Morgan fingerprint density at radius 3 is 2.07 bits per heavy atom. The van der Waals surface area contributed by atoms with Gasteiger partial charge in [-0.2, -0.15) is 4.72 Å². The third-order valence-electron chi connectivity index (χ3n) is 7.53. The lowest BCUT2D eigenvalue weighted by Gasteiger charge is -2.38. The molecule has 0 aromatic heterocycles. The molecule has 2 heterocycles. The highest BCUT2D eigenvalue weighted by Crippen LogP contribution is 2.21. The second kappa shape index (κ2) is 13.8. The first-order valence-electron chi connectivity index (χ1n) is 14.3. The van der Waals surface area contributed by atoms with E-state index in [4.69, 9.17) is 0 Å². The first-order chi connectivity index (χ1) is 20.4. The molecule has 0 aliphatic carbocycles. The van der Waals surface area contributed by atoms with Crippen molar-refractivity contribution in [3.63, 3.8) is 0 Å². The van der Waals surface area contributed by atoms with E-state index in [1.54, 1.807) is 18.2 Å². The lowest BCUT2D eigenvalue weighted by molar-refractivity contribution is -0.138. The minimum Gasteiger partial charge on any atom is -0.481 e. The van der Waals surface area contributed by atoms with E-state index in [1.165, 1.54) is 12.1 Å². The first-order valence-corrected chi connectivity index (χ1v) is 15.8. The van der Waals surface area contributed by atoms with Crippen LogP contribution in [0.25, 0.3) is 0 Å². The molecule has 1 fully saturated rings. The summed E-state index contributed by atoms with van der Waals surface area (Å²) >= 11 is 0. The van der Waals surface area contributed by atoms with Gasteiger partial charge in [0.05, 0.1) is 17.5 Å². The largest absolute Gasteiger partial charge is 0.481 e. The van der Waals surface area contributed by atoms with Crippen LogP contribution in [0.1, 0.15) is 24.0 Å². The van der Waals surface area contributed by atoms with Crippen molar-refractivity contribution in [1.29, 1.82) is 0 Å². The Kier molecular flexibility index (Phi) is 9.73. The third kappa shape index (κ3) is 7.87. The number of aliphatic carboxylic acids is 1. The number of carbonyl (C=O) groups is 1. The van der Waals surface area contributed by atoms with Crippen molar-refractivity contribution in [1.82, 2.24) is 19.8 Å². The van der Waals surface area contributed by atoms with E-state index in [-0.39, 0.29) is 11.3 Å². The Morgan fingerprint density at radius 2 is 1.48 bits per heavy atom. The molecule has 5 rings (SSSR count). The molecule has 11 heteroatoms. The first kappa shape index (κ1) is 29.6. The molecule has 3 aromatic rings. The summed E-state index contributed by atoms with van der Waals surface area (Å²) in [5.74, 6) is -0.0775. The minimum atomic E-state index is -3.95. The van der Waals surface area contributed by atoms with Crippen LogP contribution in [0, 0.1) is 0 Å². The molecule has 42 heavy (non-hydrogen) atoms. The van der Waals surface area contributed by atoms with Crippen molar-refractivity contribution in [2.75, 3.05) is 44.2 Å². The van der Waals surface area contributed by atoms with Gasteiger partial charge in [-0.05, 0) is 41.8 Å². The number of nitrogens with one attached hydrogen (secondary N) is 2. The van der Waals surface area contributed by atoms with Crippen LogP contribution in [0.15, 0.2) is 94.8 Å².